The highest BCUT2D eigenvalue weighted by molar-refractivity contribution is 5.66. The number of hydrogen-bond acceptors (Lipinski definition) is 4. The summed E-state index contributed by atoms with van der Waals surface area (Å²) in [6.45, 7) is 6.88. The van der Waals surface area contributed by atoms with Gasteiger partial charge in [0.25, 0.3) is 0 Å². The molecule has 0 fully saturated rings. The molecule has 0 unspecified atom stereocenters. The van der Waals surface area contributed by atoms with E-state index in [0.717, 1.165) is 29.2 Å². The highest BCUT2D eigenvalue weighted by Crippen LogP contribution is 2.26. The fraction of sp³-hybridized carbons (Fsp3) is 0.400. The Morgan fingerprint density at radius 2 is 2.20 bits per heavy atom. The maximum absolute atomic E-state index is 5.50. The van der Waals surface area contributed by atoms with Crippen molar-refractivity contribution in [3.8, 4) is 11.3 Å². The lowest BCUT2D eigenvalue weighted by Gasteiger charge is -1.98. The molecular weight excluding hydrogens is 192 g/mol. The molecular formula is C10H14N4O. The van der Waals surface area contributed by atoms with Crippen molar-refractivity contribution < 1.29 is 4.52 Å². The zero-order chi connectivity index (χ0) is 11.0. The van der Waals surface area contributed by atoms with Gasteiger partial charge in [0, 0.05) is 23.9 Å². The molecule has 0 aliphatic rings. The number of anilines is 1. The predicted octanol–water partition coefficient (Wildman–Crippen LogP) is 1.76. The third kappa shape index (κ3) is 1.49. The van der Waals surface area contributed by atoms with Crippen LogP contribution in [0, 0.1) is 13.8 Å². The van der Waals surface area contributed by atoms with Gasteiger partial charge in [-0.25, -0.2) is 0 Å². The van der Waals surface area contributed by atoms with Gasteiger partial charge in [0.05, 0.1) is 5.69 Å². The monoisotopic (exact) mass is 206 g/mol. The number of aryl methyl sites for hydroxylation is 2. The van der Waals surface area contributed by atoms with E-state index in [-0.39, 0.29) is 0 Å². The third-order valence-corrected chi connectivity index (χ3v) is 2.47. The van der Waals surface area contributed by atoms with Crippen molar-refractivity contribution in [3.63, 3.8) is 0 Å². The molecule has 0 amide bonds. The van der Waals surface area contributed by atoms with Crippen molar-refractivity contribution in [1.29, 1.82) is 0 Å². The molecule has 0 atom stereocenters. The number of nitrogens with zero attached hydrogens (tertiary/aromatic N) is 3. The molecule has 15 heavy (non-hydrogen) atoms. The summed E-state index contributed by atoms with van der Waals surface area (Å²) in [5.41, 5.74) is 9.30. The number of nitrogens with two attached hydrogens (primary N) is 1. The highest BCUT2D eigenvalue weighted by Gasteiger charge is 2.15. The van der Waals surface area contributed by atoms with Gasteiger partial charge in [0.15, 0.2) is 0 Å². The third-order valence-electron chi connectivity index (χ3n) is 2.47. The van der Waals surface area contributed by atoms with Crippen LogP contribution in [0.1, 0.15) is 18.3 Å². The Balaban J connectivity index is 2.57. The van der Waals surface area contributed by atoms with Crippen molar-refractivity contribution >= 4 is 5.88 Å². The standard InChI is InChI=1S/C10H14N4O/c1-4-14-7(3)10(6(2)12-14)8-5-9(11)15-13-8/h5H,4,11H2,1-3H3. The Hall–Kier alpha value is -1.78. The van der Waals surface area contributed by atoms with Crippen LogP contribution in [-0.2, 0) is 6.54 Å². The normalized spacial score (nSPS) is 10.9. The average molecular weight is 206 g/mol. The molecule has 2 heterocycles. The van der Waals surface area contributed by atoms with Crippen LogP contribution in [0.25, 0.3) is 11.3 Å². The zero-order valence-corrected chi connectivity index (χ0v) is 9.11. The van der Waals surface area contributed by atoms with E-state index in [0.29, 0.717) is 5.88 Å². The van der Waals surface area contributed by atoms with Crippen molar-refractivity contribution in [2.75, 3.05) is 5.73 Å². The molecule has 0 radical (unpaired) electrons. The first-order valence-corrected chi connectivity index (χ1v) is 4.90. The molecule has 0 bridgehead atoms. The van der Waals surface area contributed by atoms with Gasteiger partial charge in [-0.15, -0.1) is 0 Å². The maximum atomic E-state index is 5.50. The summed E-state index contributed by atoms with van der Waals surface area (Å²) in [5.74, 6) is 0.327. The van der Waals surface area contributed by atoms with Gasteiger partial charge in [0.2, 0.25) is 5.88 Å². The minimum absolute atomic E-state index is 0.327. The van der Waals surface area contributed by atoms with Crippen LogP contribution in [0.4, 0.5) is 5.88 Å². The largest absolute Gasteiger partial charge is 0.368 e. The summed E-state index contributed by atoms with van der Waals surface area (Å²) in [6, 6.07) is 1.72. The highest BCUT2D eigenvalue weighted by atomic mass is 16.5. The Morgan fingerprint density at radius 1 is 1.47 bits per heavy atom. The smallest absolute Gasteiger partial charge is 0.222 e. The number of aromatic nitrogens is 3. The second kappa shape index (κ2) is 3.42. The molecule has 2 aromatic rings. The Morgan fingerprint density at radius 3 is 2.67 bits per heavy atom. The molecule has 5 heteroatoms. The van der Waals surface area contributed by atoms with Gasteiger partial charge >= 0.3 is 0 Å². The van der Waals surface area contributed by atoms with Gasteiger partial charge in [-0.3, -0.25) is 4.68 Å². The van der Waals surface area contributed by atoms with Gasteiger partial charge in [-0.1, -0.05) is 5.16 Å². The van der Waals surface area contributed by atoms with Crippen LogP contribution >= 0.6 is 0 Å². The lowest BCUT2D eigenvalue weighted by Crippen LogP contribution is -1.98. The van der Waals surface area contributed by atoms with E-state index in [4.69, 9.17) is 10.3 Å². The second-order valence-electron chi connectivity index (χ2n) is 3.48. The van der Waals surface area contributed by atoms with Crippen LogP contribution in [0.5, 0.6) is 0 Å². The Labute approximate surface area is 87.9 Å². The van der Waals surface area contributed by atoms with Crippen molar-refractivity contribution in [3.05, 3.63) is 17.5 Å². The summed E-state index contributed by atoms with van der Waals surface area (Å²) >= 11 is 0. The first-order chi connectivity index (χ1) is 7.13. The Bertz CT molecular complexity index is 484. The molecule has 0 aliphatic heterocycles. The SMILES string of the molecule is CCn1nc(C)c(-c2cc(N)on2)c1C. The molecule has 2 aromatic heterocycles. The molecule has 0 saturated carbocycles. The molecule has 2 N–H and O–H groups in total. The van der Waals surface area contributed by atoms with Crippen LogP contribution in [0.2, 0.25) is 0 Å². The number of nitrogen functional groups attached to an aromatic ring is 1. The fourth-order valence-electron chi connectivity index (χ4n) is 1.78. The summed E-state index contributed by atoms with van der Waals surface area (Å²) in [5, 5.41) is 8.31. The number of rotatable bonds is 2. The van der Waals surface area contributed by atoms with E-state index < -0.39 is 0 Å². The van der Waals surface area contributed by atoms with Crippen molar-refractivity contribution in [1.82, 2.24) is 14.9 Å². The summed E-state index contributed by atoms with van der Waals surface area (Å²) in [6.07, 6.45) is 0. The second-order valence-corrected chi connectivity index (χ2v) is 3.48. The van der Waals surface area contributed by atoms with E-state index in [1.807, 2.05) is 18.5 Å². The van der Waals surface area contributed by atoms with E-state index in [2.05, 4.69) is 17.2 Å². The van der Waals surface area contributed by atoms with E-state index in [9.17, 15) is 0 Å². The van der Waals surface area contributed by atoms with Crippen LogP contribution in [0.3, 0.4) is 0 Å². The van der Waals surface area contributed by atoms with Gasteiger partial charge in [0.1, 0.15) is 5.69 Å². The van der Waals surface area contributed by atoms with E-state index in [1.54, 1.807) is 6.07 Å². The minimum Gasteiger partial charge on any atom is -0.368 e. The zero-order valence-electron chi connectivity index (χ0n) is 9.11. The van der Waals surface area contributed by atoms with Crippen LogP contribution < -0.4 is 5.73 Å². The molecule has 5 nitrogen and oxygen atoms in total. The topological polar surface area (TPSA) is 69.9 Å². The van der Waals surface area contributed by atoms with Gasteiger partial charge in [-0.2, -0.15) is 5.10 Å². The summed E-state index contributed by atoms with van der Waals surface area (Å²) in [7, 11) is 0. The number of hydrogen-bond donors (Lipinski definition) is 1. The van der Waals surface area contributed by atoms with Gasteiger partial charge < -0.3 is 10.3 Å². The lowest BCUT2D eigenvalue weighted by molar-refractivity contribution is 0.439. The quantitative estimate of drug-likeness (QED) is 0.812. The molecule has 0 saturated heterocycles. The first kappa shape index (κ1) is 9.76. The van der Waals surface area contributed by atoms with Crippen molar-refractivity contribution in [2.45, 2.75) is 27.3 Å². The first-order valence-electron chi connectivity index (χ1n) is 4.90. The minimum atomic E-state index is 0.327. The Kier molecular flexibility index (Phi) is 2.22. The molecule has 2 rings (SSSR count). The summed E-state index contributed by atoms with van der Waals surface area (Å²) in [4.78, 5) is 0. The molecule has 0 aliphatic carbocycles. The lowest BCUT2D eigenvalue weighted by atomic mass is 10.1. The predicted molar refractivity (Wildman–Crippen MR) is 57.3 cm³/mol. The fourth-order valence-corrected chi connectivity index (χ4v) is 1.78. The van der Waals surface area contributed by atoms with E-state index >= 15 is 0 Å². The molecule has 0 spiro atoms. The van der Waals surface area contributed by atoms with Crippen molar-refractivity contribution in [2.24, 2.45) is 0 Å². The van der Waals surface area contributed by atoms with Crippen LogP contribution in [-0.4, -0.2) is 14.9 Å². The van der Waals surface area contributed by atoms with Crippen LogP contribution in [0.15, 0.2) is 10.6 Å². The average Bonchev–Trinajstić information content (AvgIpc) is 2.71. The molecule has 0 aromatic carbocycles. The molecule has 80 valence electrons. The summed E-state index contributed by atoms with van der Waals surface area (Å²) < 4.78 is 6.80. The maximum Gasteiger partial charge on any atom is 0.222 e. The van der Waals surface area contributed by atoms with Gasteiger partial charge in [-0.05, 0) is 20.8 Å². The van der Waals surface area contributed by atoms with E-state index in [1.165, 1.54) is 0 Å².